The van der Waals surface area contributed by atoms with Gasteiger partial charge in [-0.05, 0) is 76.0 Å². The van der Waals surface area contributed by atoms with Gasteiger partial charge in [-0.1, -0.05) is 18.2 Å². The highest BCUT2D eigenvalue weighted by Gasteiger charge is 2.53. The molecule has 0 amide bonds. The highest BCUT2D eigenvalue weighted by Crippen LogP contribution is 2.53. The number of hydrogen-bond acceptors (Lipinski definition) is 7. The molecule has 0 radical (unpaired) electrons. The first-order chi connectivity index (χ1) is 18.6. The Kier molecular flexibility index (Phi) is 5.52. The quantitative estimate of drug-likeness (QED) is 0.363. The molecule has 4 aliphatic rings. The van der Waals surface area contributed by atoms with E-state index >= 15 is 0 Å². The smallest absolute Gasteiger partial charge is 0.279 e. The molecule has 4 fully saturated rings. The average molecular weight is 570 g/mol. The normalized spacial score (nSPS) is 26.2. The van der Waals surface area contributed by atoms with Gasteiger partial charge in [0.15, 0.2) is 11.3 Å². The van der Waals surface area contributed by atoms with Crippen LogP contribution in [0.2, 0.25) is 0 Å². The fourth-order valence-corrected chi connectivity index (χ4v) is 10.1. The zero-order chi connectivity index (χ0) is 27.0. The minimum absolute atomic E-state index is 0.124. The number of benzene rings is 1. The van der Waals surface area contributed by atoms with Gasteiger partial charge in [0.25, 0.3) is 10.2 Å². The monoisotopic (exact) mass is 569 g/mol. The highest BCUT2D eigenvalue weighted by atomic mass is 32.2. The molecule has 8 rings (SSSR count). The number of hydrogen-bond donors (Lipinski definition) is 2. The van der Waals surface area contributed by atoms with Crippen LogP contribution in [0.15, 0.2) is 46.5 Å². The van der Waals surface area contributed by atoms with Gasteiger partial charge in [-0.3, -0.25) is 4.40 Å². The molecule has 0 atom stereocenters. The summed E-state index contributed by atoms with van der Waals surface area (Å²) in [6.07, 6.45) is 7.87. The van der Waals surface area contributed by atoms with E-state index in [0.29, 0.717) is 43.6 Å². The van der Waals surface area contributed by atoms with Crippen molar-refractivity contribution in [2.75, 3.05) is 13.1 Å². The van der Waals surface area contributed by atoms with Gasteiger partial charge in [0, 0.05) is 30.2 Å². The Morgan fingerprint density at radius 3 is 2.31 bits per heavy atom. The van der Waals surface area contributed by atoms with E-state index in [4.69, 9.17) is 0 Å². The van der Waals surface area contributed by atoms with E-state index in [9.17, 15) is 16.8 Å². The average Bonchev–Trinajstić information content (AvgIpc) is 3.70. The molecule has 3 aliphatic carbocycles. The summed E-state index contributed by atoms with van der Waals surface area (Å²) in [6, 6.07) is 8.72. The maximum absolute atomic E-state index is 13.8. The van der Waals surface area contributed by atoms with Crippen LogP contribution in [-0.4, -0.2) is 64.3 Å². The fraction of sp³-hybridized carbons (Fsp3) is 0.500. The van der Waals surface area contributed by atoms with Crippen molar-refractivity contribution in [1.29, 1.82) is 0 Å². The SMILES string of the molecule is Cc1ccccc1S(=O)(=O)c1nc2[nH]ccc2n2c(C34CCC(NS(=O)(=O)N5CCCC5)(CC3)CC4)nnc12. The van der Waals surface area contributed by atoms with Crippen molar-refractivity contribution in [1.82, 2.24) is 33.6 Å². The lowest BCUT2D eigenvalue weighted by molar-refractivity contribution is 0.0870. The number of nitrogens with zero attached hydrogens (tertiary/aromatic N) is 5. The van der Waals surface area contributed by atoms with Crippen molar-refractivity contribution in [2.45, 2.75) is 79.2 Å². The topological polar surface area (TPSA) is 142 Å². The Labute approximate surface area is 227 Å². The van der Waals surface area contributed by atoms with Crippen molar-refractivity contribution in [3.63, 3.8) is 0 Å². The molecular weight excluding hydrogens is 538 g/mol. The van der Waals surface area contributed by atoms with Crippen molar-refractivity contribution in [3.8, 4) is 0 Å². The molecule has 11 nitrogen and oxygen atoms in total. The number of aromatic nitrogens is 5. The number of sulfone groups is 1. The lowest BCUT2D eigenvalue weighted by Crippen LogP contribution is -2.60. The van der Waals surface area contributed by atoms with Crippen molar-refractivity contribution < 1.29 is 16.8 Å². The van der Waals surface area contributed by atoms with Gasteiger partial charge in [-0.15, -0.1) is 10.2 Å². The number of aromatic amines is 1. The second-order valence-electron chi connectivity index (χ2n) is 11.4. The summed E-state index contributed by atoms with van der Waals surface area (Å²) in [5.74, 6) is 0.724. The maximum Gasteiger partial charge on any atom is 0.279 e. The maximum atomic E-state index is 13.8. The molecule has 1 aliphatic heterocycles. The van der Waals surface area contributed by atoms with Gasteiger partial charge in [0.2, 0.25) is 14.9 Å². The van der Waals surface area contributed by atoms with Gasteiger partial charge in [-0.2, -0.15) is 17.4 Å². The van der Waals surface area contributed by atoms with Crippen LogP contribution < -0.4 is 4.72 Å². The molecule has 4 heterocycles. The molecular formula is C26H31N7O4S2. The van der Waals surface area contributed by atoms with E-state index in [1.165, 1.54) is 0 Å². The Morgan fingerprint density at radius 1 is 0.923 bits per heavy atom. The molecule has 1 saturated heterocycles. The van der Waals surface area contributed by atoms with Crippen LogP contribution in [0.3, 0.4) is 0 Å². The van der Waals surface area contributed by atoms with E-state index in [0.717, 1.165) is 43.4 Å². The van der Waals surface area contributed by atoms with Crippen molar-refractivity contribution in [3.05, 3.63) is 47.9 Å². The Morgan fingerprint density at radius 2 is 1.62 bits per heavy atom. The number of H-pyrrole nitrogens is 1. The fourth-order valence-electron chi connectivity index (χ4n) is 6.85. The van der Waals surface area contributed by atoms with Gasteiger partial charge in [0.1, 0.15) is 5.82 Å². The lowest BCUT2D eigenvalue weighted by atomic mass is 9.57. The van der Waals surface area contributed by atoms with Crippen LogP contribution in [0.1, 0.15) is 62.8 Å². The highest BCUT2D eigenvalue weighted by molar-refractivity contribution is 7.91. The summed E-state index contributed by atoms with van der Waals surface area (Å²) in [4.78, 5) is 7.78. The number of rotatable bonds is 6. The molecule has 0 spiro atoms. The minimum atomic E-state index is -3.97. The van der Waals surface area contributed by atoms with E-state index in [1.807, 2.05) is 10.5 Å². The molecule has 3 saturated carbocycles. The summed E-state index contributed by atoms with van der Waals surface area (Å²) < 4.78 is 60.3. The second-order valence-corrected chi connectivity index (χ2v) is 14.9. The zero-order valence-electron chi connectivity index (χ0n) is 21.7. The molecule has 206 valence electrons. The first-order valence-corrected chi connectivity index (χ1v) is 16.4. The lowest BCUT2D eigenvalue weighted by Gasteiger charge is -2.52. The second kappa shape index (κ2) is 8.56. The minimum Gasteiger partial charge on any atom is -0.345 e. The van der Waals surface area contributed by atoms with Gasteiger partial charge >= 0.3 is 0 Å². The predicted molar refractivity (Wildman–Crippen MR) is 144 cm³/mol. The molecule has 0 unspecified atom stereocenters. The largest absolute Gasteiger partial charge is 0.345 e. The Balaban J connectivity index is 1.29. The van der Waals surface area contributed by atoms with Crippen LogP contribution in [0, 0.1) is 6.92 Å². The molecule has 2 N–H and O–H groups in total. The van der Waals surface area contributed by atoms with Crippen LogP contribution in [-0.2, 0) is 25.5 Å². The third kappa shape index (κ3) is 3.77. The Bertz CT molecular complexity index is 1800. The van der Waals surface area contributed by atoms with Crippen molar-refractivity contribution in [2.24, 2.45) is 0 Å². The molecule has 4 aromatic rings. The Hall–Kier alpha value is -2.87. The zero-order valence-corrected chi connectivity index (χ0v) is 23.4. The number of fused-ring (bicyclic) bond motifs is 6. The molecule has 2 bridgehead atoms. The van der Waals surface area contributed by atoms with Crippen molar-refractivity contribution >= 4 is 36.9 Å². The molecule has 13 heteroatoms. The number of aryl methyl sites for hydroxylation is 1. The van der Waals surface area contributed by atoms with Gasteiger partial charge in [-0.25, -0.2) is 13.4 Å². The summed E-state index contributed by atoms with van der Waals surface area (Å²) >= 11 is 0. The molecule has 3 aromatic heterocycles. The third-order valence-corrected chi connectivity index (χ3v) is 12.7. The van der Waals surface area contributed by atoms with Crippen LogP contribution >= 0.6 is 0 Å². The first kappa shape index (κ1) is 25.1. The molecule has 1 aromatic carbocycles. The van der Waals surface area contributed by atoms with Gasteiger partial charge in [0.05, 0.1) is 10.4 Å². The van der Waals surface area contributed by atoms with E-state index in [2.05, 4.69) is 24.9 Å². The van der Waals surface area contributed by atoms with Crippen LogP contribution in [0.25, 0.3) is 16.8 Å². The number of nitrogens with one attached hydrogen (secondary N) is 2. The summed E-state index contributed by atoms with van der Waals surface area (Å²) in [5.41, 5.74) is 1.25. The van der Waals surface area contributed by atoms with E-state index < -0.39 is 25.6 Å². The predicted octanol–water partition coefficient (Wildman–Crippen LogP) is 3.02. The van der Waals surface area contributed by atoms with E-state index in [1.54, 1.807) is 41.7 Å². The van der Waals surface area contributed by atoms with Crippen LogP contribution in [0.5, 0.6) is 0 Å². The standard InChI is InChI=1S/C26H31N7O4S2/c1-18-6-2-3-7-20(18)38(34,35)23-22-29-30-24(33(22)19-8-15-27-21(19)28-23)25-9-12-26(13-10-25,14-11-25)31-39(36,37)32-16-4-5-17-32/h2-3,6-8,15,27,31H,4-5,9-14,16-17H2,1H3. The summed E-state index contributed by atoms with van der Waals surface area (Å²) in [7, 11) is -7.49. The van der Waals surface area contributed by atoms with Gasteiger partial charge < -0.3 is 4.98 Å². The molecule has 39 heavy (non-hydrogen) atoms. The van der Waals surface area contributed by atoms with E-state index in [-0.39, 0.29) is 21.0 Å². The first-order valence-electron chi connectivity index (χ1n) is 13.5. The summed E-state index contributed by atoms with van der Waals surface area (Å²) in [5, 5.41) is 8.91. The summed E-state index contributed by atoms with van der Waals surface area (Å²) in [6.45, 7) is 2.92. The third-order valence-electron chi connectivity index (χ3n) is 9.12. The van der Waals surface area contributed by atoms with Crippen LogP contribution in [0.4, 0.5) is 0 Å².